The van der Waals surface area contributed by atoms with Crippen LogP contribution in [0.15, 0.2) is 11.2 Å². The molecule has 30 heavy (non-hydrogen) atoms. The Labute approximate surface area is 217 Å². The summed E-state index contributed by atoms with van der Waals surface area (Å²) in [5.41, 5.74) is 8.44. The molecule has 1 aliphatic heterocycles. The number of benzene rings is 1. The van der Waals surface area contributed by atoms with Gasteiger partial charge in [0.05, 0.1) is 0 Å². The number of hydrogen-bond donors (Lipinski definition) is 0. The molecule has 0 saturated carbocycles. The van der Waals surface area contributed by atoms with E-state index >= 15 is 0 Å². The second-order valence-electron chi connectivity index (χ2n) is 8.23. The minimum atomic E-state index is -5.23. The Morgan fingerprint density at radius 3 is 2.23 bits per heavy atom. The molecule has 1 saturated heterocycles. The molecule has 1 amide bonds. The minimum Gasteiger partial charge on any atom is -0.445 e. The number of halogens is 3. The number of nitrogens with zero attached hydrogens (tertiary/aromatic N) is 5. The van der Waals surface area contributed by atoms with Crippen LogP contribution in [0, 0.1) is 13.8 Å². The first-order valence-corrected chi connectivity index (χ1v) is 9.41. The molecule has 1 fully saturated rings. The van der Waals surface area contributed by atoms with Crippen LogP contribution in [-0.4, -0.2) is 54.7 Å². The van der Waals surface area contributed by atoms with Crippen LogP contribution in [0.4, 0.5) is 23.4 Å². The van der Waals surface area contributed by atoms with E-state index in [4.69, 9.17) is 10.3 Å². The number of piperazine rings is 1. The van der Waals surface area contributed by atoms with Crippen LogP contribution in [0.25, 0.3) is 10.4 Å². The molecule has 0 bridgehead atoms. The predicted octanol–water partition coefficient (Wildman–Crippen LogP) is 1.36. The van der Waals surface area contributed by atoms with Crippen molar-refractivity contribution in [3.8, 4) is 0 Å². The normalized spacial score (nSPS) is 15.3. The number of carbonyl (C=O) groups is 1. The Hall–Kier alpha value is -0.749. The van der Waals surface area contributed by atoms with E-state index in [0.717, 1.165) is 6.07 Å². The van der Waals surface area contributed by atoms with Crippen molar-refractivity contribution < 1.29 is 73.9 Å². The number of azide groups is 1. The van der Waals surface area contributed by atoms with Crippen LogP contribution in [0.3, 0.4) is 0 Å². The SMILES string of the molecule is Cc1c(CN2CCN(C(=O)OC(C)(C)C)CC2)cc([B-](F)(F)F)c(C)c1N=[N+]=[N-].[K+]. The molecule has 7 nitrogen and oxygen atoms in total. The van der Waals surface area contributed by atoms with Gasteiger partial charge >= 0.3 is 64.5 Å². The van der Waals surface area contributed by atoms with Gasteiger partial charge in [0.25, 0.3) is 0 Å². The third kappa shape index (κ3) is 7.15. The van der Waals surface area contributed by atoms with Crippen molar-refractivity contribution in [2.75, 3.05) is 26.2 Å². The molecule has 0 atom stereocenters. The largest absolute Gasteiger partial charge is 1.00 e. The zero-order chi connectivity index (χ0) is 22.0. The van der Waals surface area contributed by atoms with Crippen LogP contribution >= 0.6 is 0 Å². The smallest absolute Gasteiger partial charge is 0.445 e. The molecule has 0 radical (unpaired) electrons. The molecular weight excluding hydrogens is 425 g/mol. The number of hydrogen-bond acceptors (Lipinski definition) is 4. The van der Waals surface area contributed by atoms with Crippen LogP contribution in [-0.2, 0) is 11.3 Å². The van der Waals surface area contributed by atoms with E-state index in [9.17, 15) is 17.7 Å². The van der Waals surface area contributed by atoms with E-state index in [1.54, 1.807) is 32.6 Å². The van der Waals surface area contributed by atoms with Crippen molar-refractivity contribution in [2.24, 2.45) is 5.11 Å². The molecule has 0 spiro atoms. The molecule has 1 heterocycles. The summed E-state index contributed by atoms with van der Waals surface area (Å²) in [6.45, 7) is 5.30. The van der Waals surface area contributed by atoms with Gasteiger partial charge in [-0.3, -0.25) is 4.90 Å². The first-order chi connectivity index (χ1) is 13.3. The quantitative estimate of drug-likeness (QED) is 0.300. The molecule has 1 aliphatic rings. The van der Waals surface area contributed by atoms with Crippen LogP contribution in [0.2, 0.25) is 0 Å². The van der Waals surface area contributed by atoms with E-state index in [1.165, 1.54) is 6.92 Å². The van der Waals surface area contributed by atoms with Crippen LogP contribution in [0.1, 0.15) is 37.5 Å². The number of carbonyl (C=O) groups excluding carboxylic acids is 1. The van der Waals surface area contributed by atoms with Gasteiger partial charge in [-0.15, -0.1) is 5.46 Å². The van der Waals surface area contributed by atoms with E-state index < -0.39 is 24.1 Å². The van der Waals surface area contributed by atoms with Crippen LogP contribution < -0.4 is 56.8 Å². The second-order valence-corrected chi connectivity index (χ2v) is 8.23. The standard InChI is InChI=1S/C18H26BF3N5O2.K/c1-12-14(10-15(19(20,21)22)13(2)16(12)24-25-23)11-26-6-8-27(9-7-26)17(28)29-18(3,4)5;/h10H,6-9,11H2,1-5H3;/q-1;+1. The van der Waals surface area contributed by atoms with Gasteiger partial charge in [-0.1, -0.05) is 16.7 Å². The van der Waals surface area contributed by atoms with E-state index in [-0.39, 0.29) is 69.2 Å². The average Bonchev–Trinajstić information content (AvgIpc) is 2.59. The molecule has 2 rings (SSSR count). The molecular formula is C18H26BF3KN5O2. The second kappa shape index (κ2) is 10.7. The van der Waals surface area contributed by atoms with E-state index in [2.05, 4.69) is 10.0 Å². The summed E-state index contributed by atoms with van der Waals surface area (Å²) in [4.78, 5) is 18.4. The Kier molecular flexibility index (Phi) is 9.74. The number of ether oxygens (including phenoxy) is 1. The molecule has 1 aromatic rings. The Balaban J connectivity index is 0.00000450. The Morgan fingerprint density at radius 1 is 1.20 bits per heavy atom. The fourth-order valence-electron chi connectivity index (χ4n) is 3.33. The van der Waals surface area contributed by atoms with Gasteiger partial charge < -0.3 is 22.6 Å². The van der Waals surface area contributed by atoms with Gasteiger partial charge in [-0.2, -0.15) is 0 Å². The van der Waals surface area contributed by atoms with Gasteiger partial charge in [-0.05, 0) is 51.3 Å². The fourth-order valence-corrected chi connectivity index (χ4v) is 3.33. The summed E-state index contributed by atoms with van der Waals surface area (Å²) < 4.78 is 45.8. The molecule has 12 heteroatoms. The topological polar surface area (TPSA) is 81.5 Å². The molecule has 0 aromatic heterocycles. The van der Waals surface area contributed by atoms with E-state index in [0.29, 0.717) is 37.3 Å². The first kappa shape index (κ1) is 27.3. The van der Waals surface area contributed by atoms with Crippen molar-refractivity contribution in [2.45, 2.75) is 46.8 Å². The third-order valence-electron chi connectivity index (χ3n) is 4.87. The summed E-state index contributed by atoms with van der Waals surface area (Å²) in [5.74, 6) is 0. The van der Waals surface area contributed by atoms with Crippen molar-refractivity contribution >= 4 is 24.2 Å². The van der Waals surface area contributed by atoms with Crippen molar-refractivity contribution in [1.29, 1.82) is 0 Å². The number of rotatable bonds is 4. The van der Waals surface area contributed by atoms with Crippen LogP contribution in [0.5, 0.6) is 0 Å². The summed E-state index contributed by atoms with van der Waals surface area (Å²) >= 11 is 0. The summed E-state index contributed by atoms with van der Waals surface area (Å²) in [7, 11) is 0. The number of amides is 1. The zero-order valence-corrected chi connectivity index (χ0v) is 21.5. The predicted molar refractivity (Wildman–Crippen MR) is 107 cm³/mol. The fraction of sp³-hybridized carbons (Fsp3) is 0.611. The monoisotopic (exact) mass is 451 g/mol. The summed E-state index contributed by atoms with van der Waals surface area (Å²) in [5, 5.41) is 3.51. The van der Waals surface area contributed by atoms with Gasteiger partial charge in [0.2, 0.25) is 0 Å². The van der Waals surface area contributed by atoms with E-state index in [1.807, 2.05) is 4.90 Å². The van der Waals surface area contributed by atoms with Crippen molar-refractivity contribution in [3.63, 3.8) is 0 Å². The summed E-state index contributed by atoms with van der Waals surface area (Å²) in [6.07, 6.45) is -0.392. The van der Waals surface area contributed by atoms with Gasteiger partial charge in [0.1, 0.15) is 5.60 Å². The maximum Gasteiger partial charge on any atom is 1.00 e. The van der Waals surface area contributed by atoms with Crippen molar-refractivity contribution in [3.05, 3.63) is 33.2 Å². The van der Waals surface area contributed by atoms with Gasteiger partial charge in [0.15, 0.2) is 0 Å². The van der Waals surface area contributed by atoms with Gasteiger partial charge in [0, 0.05) is 43.3 Å². The molecule has 160 valence electrons. The first-order valence-electron chi connectivity index (χ1n) is 9.41. The maximum absolute atomic E-state index is 13.5. The summed E-state index contributed by atoms with van der Waals surface area (Å²) in [6, 6.07) is 1.15. The Bertz CT molecular complexity index is 831. The molecule has 1 aromatic carbocycles. The molecule has 0 N–H and O–H groups in total. The zero-order valence-electron chi connectivity index (χ0n) is 18.4. The minimum absolute atomic E-state index is 0. The maximum atomic E-state index is 13.5. The van der Waals surface area contributed by atoms with Gasteiger partial charge in [-0.25, -0.2) is 4.79 Å². The Morgan fingerprint density at radius 2 is 1.77 bits per heavy atom. The van der Waals surface area contributed by atoms with Crippen molar-refractivity contribution in [1.82, 2.24) is 9.80 Å². The molecule has 0 unspecified atom stereocenters. The third-order valence-corrected chi connectivity index (χ3v) is 4.87. The molecule has 0 aliphatic carbocycles. The average molecular weight is 451 g/mol.